The second-order valence-corrected chi connectivity index (χ2v) is 5.63. The average Bonchev–Trinajstić information content (AvgIpc) is 2.51. The molecule has 0 aliphatic rings. The van der Waals surface area contributed by atoms with Crippen LogP contribution in [0.15, 0.2) is 18.3 Å². The number of nitrogens with one attached hydrogen (secondary N) is 1. The van der Waals surface area contributed by atoms with Crippen LogP contribution in [0.1, 0.15) is 43.5 Å². The van der Waals surface area contributed by atoms with Crippen LogP contribution in [0.3, 0.4) is 0 Å². The summed E-state index contributed by atoms with van der Waals surface area (Å²) in [5.74, 6) is 0.548. The topological polar surface area (TPSA) is 65.5 Å². The Labute approximate surface area is 127 Å². The summed E-state index contributed by atoms with van der Waals surface area (Å²) in [5.41, 5.74) is 0.540. The van der Waals surface area contributed by atoms with Gasteiger partial charge in [-0.05, 0) is 36.8 Å². The summed E-state index contributed by atoms with van der Waals surface area (Å²) in [4.78, 5) is 18.5. The van der Waals surface area contributed by atoms with Gasteiger partial charge in [-0.3, -0.25) is 4.79 Å². The summed E-state index contributed by atoms with van der Waals surface area (Å²) in [6.07, 6.45) is 4.24. The Kier molecular flexibility index (Phi) is 6.62. The lowest BCUT2D eigenvalue weighted by Gasteiger charge is -2.31. The van der Waals surface area contributed by atoms with Crippen LogP contribution in [0, 0.1) is 5.41 Å². The lowest BCUT2D eigenvalue weighted by Crippen LogP contribution is -2.38. The first-order chi connectivity index (χ1) is 9.99. The van der Waals surface area contributed by atoms with Gasteiger partial charge in [0.05, 0.1) is 5.56 Å². The van der Waals surface area contributed by atoms with Gasteiger partial charge in [-0.25, -0.2) is 4.98 Å². The highest BCUT2D eigenvalue weighted by Crippen LogP contribution is 2.29. The number of carbonyl (C=O) groups excluding carboxylic acids is 1. The third kappa shape index (κ3) is 4.43. The monoisotopic (exact) mass is 293 g/mol. The van der Waals surface area contributed by atoms with E-state index in [1.807, 2.05) is 19.0 Å². The number of hydrogen-bond acceptors (Lipinski definition) is 4. The molecule has 118 valence electrons. The summed E-state index contributed by atoms with van der Waals surface area (Å²) in [7, 11) is 3.74. The number of rotatable bonds is 8. The van der Waals surface area contributed by atoms with Crippen LogP contribution in [0.2, 0.25) is 0 Å². The van der Waals surface area contributed by atoms with E-state index >= 15 is 0 Å². The quantitative estimate of drug-likeness (QED) is 0.770. The molecular weight excluding hydrogens is 266 g/mol. The zero-order chi connectivity index (χ0) is 15.9. The lowest BCUT2D eigenvalue weighted by molar-refractivity contribution is 0.0907. The van der Waals surface area contributed by atoms with Crippen LogP contribution in [0.25, 0.3) is 0 Å². The predicted octanol–water partition coefficient (Wildman–Crippen LogP) is 2.07. The maximum Gasteiger partial charge on any atom is 0.255 e. The van der Waals surface area contributed by atoms with E-state index in [1.165, 1.54) is 0 Å². The molecule has 0 unspecified atom stereocenters. The molecule has 21 heavy (non-hydrogen) atoms. The first-order valence-corrected chi connectivity index (χ1v) is 7.51. The summed E-state index contributed by atoms with van der Waals surface area (Å²) in [6.45, 7) is 4.91. The molecule has 5 nitrogen and oxygen atoms in total. The largest absolute Gasteiger partial charge is 0.396 e. The van der Waals surface area contributed by atoms with Gasteiger partial charge in [-0.2, -0.15) is 0 Å². The Hall–Kier alpha value is -1.62. The van der Waals surface area contributed by atoms with E-state index < -0.39 is 0 Å². The van der Waals surface area contributed by atoms with E-state index in [2.05, 4.69) is 24.1 Å². The Bertz CT molecular complexity index is 457. The van der Waals surface area contributed by atoms with Crippen molar-refractivity contribution in [1.29, 1.82) is 0 Å². The first kappa shape index (κ1) is 17.4. The van der Waals surface area contributed by atoms with Crippen molar-refractivity contribution in [3.8, 4) is 0 Å². The van der Waals surface area contributed by atoms with Crippen molar-refractivity contribution in [3.05, 3.63) is 23.9 Å². The van der Waals surface area contributed by atoms with Gasteiger partial charge in [-0.1, -0.05) is 13.8 Å². The Morgan fingerprint density at radius 3 is 2.57 bits per heavy atom. The molecule has 1 heterocycles. The van der Waals surface area contributed by atoms with Crippen molar-refractivity contribution < 1.29 is 9.90 Å². The molecule has 0 spiro atoms. The summed E-state index contributed by atoms with van der Waals surface area (Å²) < 4.78 is 0. The van der Waals surface area contributed by atoms with Crippen molar-refractivity contribution in [2.24, 2.45) is 5.41 Å². The molecule has 1 aromatic rings. The van der Waals surface area contributed by atoms with Crippen molar-refractivity contribution in [2.45, 2.75) is 33.1 Å². The van der Waals surface area contributed by atoms with Crippen molar-refractivity contribution in [1.82, 2.24) is 10.3 Å². The van der Waals surface area contributed by atoms with Crippen LogP contribution < -0.4 is 10.2 Å². The first-order valence-electron chi connectivity index (χ1n) is 7.51. The zero-order valence-electron chi connectivity index (χ0n) is 13.5. The second kappa shape index (κ2) is 7.98. The molecule has 0 saturated heterocycles. The minimum atomic E-state index is -0.115. The summed E-state index contributed by atoms with van der Waals surface area (Å²) in [5, 5.41) is 12.2. The number of aliphatic hydroxyl groups is 1. The third-order valence-electron chi connectivity index (χ3n) is 4.22. The normalized spacial score (nSPS) is 11.3. The number of pyridine rings is 1. The van der Waals surface area contributed by atoms with Crippen LogP contribution in [0.5, 0.6) is 0 Å². The lowest BCUT2D eigenvalue weighted by atomic mass is 9.79. The van der Waals surface area contributed by atoms with Gasteiger partial charge >= 0.3 is 0 Å². The molecular formula is C16H27N3O2. The van der Waals surface area contributed by atoms with Crippen LogP contribution in [-0.4, -0.2) is 43.2 Å². The fourth-order valence-electron chi connectivity index (χ4n) is 2.47. The third-order valence-corrected chi connectivity index (χ3v) is 4.22. The minimum Gasteiger partial charge on any atom is -0.396 e. The highest BCUT2D eigenvalue weighted by Gasteiger charge is 2.26. The molecule has 0 aliphatic heterocycles. The van der Waals surface area contributed by atoms with Crippen molar-refractivity contribution in [2.75, 3.05) is 32.1 Å². The van der Waals surface area contributed by atoms with E-state index in [0.717, 1.165) is 12.8 Å². The Morgan fingerprint density at radius 1 is 1.38 bits per heavy atom. The molecule has 0 fully saturated rings. The van der Waals surface area contributed by atoms with E-state index in [0.29, 0.717) is 24.3 Å². The number of carbonyl (C=O) groups is 1. The molecule has 0 aliphatic carbocycles. The Morgan fingerprint density at radius 2 is 2.05 bits per heavy atom. The minimum absolute atomic E-state index is 0.0368. The van der Waals surface area contributed by atoms with Crippen molar-refractivity contribution >= 4 is 11.7 Å². The second-order valence-electron chi connectivity index (χ2n) is 5.63. The van der Waals surface area contributed by atoms with Gasteiger partial charge in [0.1, 0.15) is 5.82 Å². The molecule has 2 N–H and O–H groups in total. The SMILES string of the molecule is CCC(CC)(CCO)CNC(=O)c1cccnc1N(C)C. The number of hydrogen-bond donors (Lipinski definition) is 2. The zero-order valence-corrected chi connectivity index (χ0v) is 13.5. The van der Waals surface area contributed by atoms with Gasteiger partial charge in [0.15, 0.2) is 0 Å². The van der Waals surface area contributed by atoms with Crippen LogP contribution >= 0.6 is 0 Å². The van der Waals surface area contributed by atoms with Gasteiger partial charge in [-0.15, -0.1) is 0 Å². The molecule has 1 rings (SSSR count). The maximum absolute atomic E-state index is 12.4. The molecule has 0 atom stereocenters. The fraction of sp³-hybridized carbons (Fsp3) is 0.625. The highest BCUT2D eigenvalue weighted by atomic mass is 16.3. The molecule has 1 aromatic heterocycles. The van der Waals surface area contributed by atoms with Gasteiger partial charge in [0.25, 0.3) is 5.91 Å². The number of nitrogens with zero attached hydrogens (tertiary/aromatic N) is 2. The molecule has 0 bridgehead atoms. The maximum atomic E-state index is 12.4. The molecule has 0 aromatic carbocycles. The molecule has 1 amide bonds. The smallest absolute Gasteiger partial charge is 0.255 e. The summed E-state index contributed by atoms with van der Waals surface area (Å²) in [6, 6.07) is 3.55. The number of amides is 1. The molecule has 0 saturated carbocycles. The predicted molar refractivity (Wildman–Crippen MR) is 85.6 cm³/mol. The van der Waals surface area contributed by atoms with Gasteiger partial charge < -0.3 is 15.3 Å². The van der Waals surface area contributed by atoms with Crippen LogP contribution in [0.4, 0.5) is 5.82 Å². The van der Waals surface area contributed by atoms with E-state index in [9.17, 15) is 9.90 Å². The van der Waals surface area contributed by atoms with E-state index in [1.54, 1.807) is 18.3 Å². The Balaban J connectivity index is 2.82. The highest BCUT2D eigenvalue weighted by molar-refractivity contribution is 5.98. The van der Waals surface area contributed by atoms with Gasteiger partial charge in [0, 0.05) is 33.4 Å². The summed E-state index contributed by atoms with van der Waals surface area (Å²) >= 11 is 0. The average molecular weight is 293 g/mol. The number of aromatic nitrogens is 1. The molecule has 5 heteroatoms. The standard InChI is InChI=1S/C16H27N3O2/c1-5-16(6-2,9-11-20)12-18-15(21)13-8-7-10-17-14(13)19(3)4/h7-8,10,20H,5-6,9,11-12H2,1-4H3,(H,18,21). The van der Waals surface area contributed by atoms with Gasteiger partial charge in [0.2, 0.25) is 0 Å². The van der Waals surface area contributed by atoms with Crippen molar-refractivity contribution in [3.63, 3.8) is 0 Å². The molecule has 0 radical (unpaired) electrons. The fourth-order valence-corrected chi connectivity index (χ4v) is 2.47. The van der Waals surface area contributed by atoms with E-state index in [4.69, 9.17) is 0 Å². The van der Waals surface area contributed by atoms with E-state index in [-0.39, 0.29) is 17.9 Å². The number of anilines is 1. The number of aliphatic hydroxyl groups excluding tert-OH is 1. The van der Waals surface area contributed by atoms with Crippen LogP contribution in [-0.2, 0) is 0 Å².